The molecule has 0 fully saturated rings. The van der Waals surface area contributed by atoms with Crippen LogP contribution < -0.4 is 4.74 Å². The third kappa shape index (κ3) is 2.07. The Bertz CT molecular complexity index is 557. The minimum absolute atomic E-state index is 0.184. The Hall–Kier alpha value is -1.36. The highest BCUT2D eigenvalue weighted by Crippen LogP contribution is 2.32. The van der Waals surface area contributed by atoms with E-state index in [-0.39, 0.29) is 13.2 Å². The number of benzene rings is 1. The van der Waals surface area contributed by atoms with Crippen molar-refractivity contribution >= 4 is 22.5 Å². The second-order valence-electron chi connectivity index (χ2n) is 3.56. The van der Waals surface area contributed by atoms with Gasteiger partial charge in [-0.25, -0.2) is 4.98 Å². The van der Waals surface area contributed by atoms with Crippen molar-refractivity contribution in [2.75, 3.05) is 7.11 Å². The number of halogens is 1. The van der Waals surface area contributed by atoms with E-state index in [1.54, 1.807) is 18.2 Å². The number of aliphatic hydroxyl groups excluding tert-OH is 2. The highest BCUT2D eigenvalue weighted by molar-refractivity contribution is 6.29. The summed E-state index contributed by atoms with van der Waals surface area (Å²) in [6.45, 7) is -0.381. The maximum Gasteiger partial charge on any atom is 0.134 e. The summed E-state index contributed by atoms with van der Waals surface area (Å²) in [6.07, 6.45) is 0. The van der Waals surface area contributed by atoms with E-state index >= 15 is 0 Å². The summed E-state index contributed by atoms with van der Waals surface area (Å²) in [5, 5.41) is 19.7. The summed E-state index contributed by atoms with van der Waals surface area (Å²) < 4.78 is 5.28. The SMILES string of the molecule is COc1c(CO)c(CO)cc2nc(Cl)ccc12. The Morgan fingerprint density at radius 3 is 2.65 bits per heavy atom. The molecule has 0 saturated carbocycles. The molecule has 0 saturated heterocycles. The lowest BCUT2D eigenvalue weighted by molar-refractivity contribution is 0.254. The minimum atomic E-state index is -0.197. The fourth-order valence-corrected chi connectivity index (χ4v) is 2.01. The van der Waals surface area contributed by atoms with E-state index < -0.39 is 0 Å². The van der Waals surface area contributed by atoms with Gasteiger partial charge in [0.2, 0.25) is 0 Å². The van der Waals surface area contributed by atoms with E-state index in [1.807, 2.05) is 0 Å². The summed E-state index contributed by atoms with van der Waals surface area (Å²) in [5.41, 5.74) is 1.80. The minimum Gasteiger partial charge on any atom is -0.496 e. The van der Waals surface area contributed by atoms with Crippen LogP contribution in [0.3, 0.4) is 0 Å². The van der Waals surface area contributed by atoms with Crippen molar-refractivity contribution in [1.29, 1.82) is 0 Å². The third-order valence-electron chi connectivity index (χ3n) is 2.64. The Morgan fingerprint density at radius 2 is 2.06 bits per heavy atom. The lowest BCUT2D eigenvalue weighted by atomic mass is 10.0. The molecule has 0 spiro atoms. The van der Waals surface area contributed by atoms with Crippen LogP contribution in [-0.4, -0.2) is 22.3 Å². The predicted molar refractivity (Wildman–Crippen MR) is 65.2 cm³/mol. The van der Waals surface area contributed by atoms with Crippen molar-refractivity contribution in [3.05, 3.63) is 34.5 Å². The van der Waals surface area contributed by atoms with Crippen molar-refractivity contribution < 1.29 is 14.9 Å². The molecule has 1 aromatic heterocycles. The Balaban J connectivity index is 2.83. The van der Waals surface area contributed by atoms with Gasteiger partial charge in [-0.1, -0.05) is 11.6 Å². The summed E-state index contributed by atoms with van der Waals surface area (Å²) in [7, 11) is 1.52. The van der Waals surface area contributed by atoms with Crippen molar-refractivity contribution in [2.45, 2.75) is 13.2 Å². The van der Waals surface area contributed by atoms with Crippen molar-refractivity contribution in [3.8, 4) is 5.75 Å². The zero-order valence-corrected chi connectivity index (χ0v) is 10.0. The largest absolute Gasteiger partial charge is 0.496 e. The highest BCUT2D eigenvalue weighted by atomic mass is 35.5. The molecule has 1 heterocycles. The molecule has 5 heteroatoms. The first-order chi connectivity index (χ1) is 8.21. The van der Waals surface area contributed by atoms with E-state index in [0.717, 1.165) is 5.39 Å². The normalized spacial score (nSPS) is 10.8. The first-order valence-electron chi connectivity index (χ1n) is 5.08. The lowest BCUT2D eigenvalue weighted by Gasteiger charge is -2.13. The number of nitrogens with zero attached hydrogens (tertiary/aromatic N) is 1. The number of methoxy groups -OCH3 is 1. The number of pyridine rings is 1. The molecule has 0 radical (unpaired) electrons. The number of ether oxygens (including phenoxy) is 1. The number of hydrogen-bond acceptors (Lipinski definition) is 4. The fourth-order valence-electron chi connectivity index (χ4n) is 1.86. The van der Waals surface area contributed by atoms with Gasteiger partial charge in [0.15, 0.2) is 0 Å². The molecule has 0 bridgehead atoms. The number of hydrogen-bond donors (Lipinski definition) is 2. The van der Waals surface area contributed by atoms with Crippen molar-refractivity contribution in [1.82, 2.24) is 4.98 Å². The van der Waals surface area contributed by atoms with Gasteiger partial charge in [-0.05, 0) is 23.8 Å². The van der Waals surface area contributed by atoms with E-state index in [2.05, 4.69) is 4.98 Å². The topological polar surface area (TPSA) is 62.6 Å². The average Bonchev–Trinajstić information content (AvgIpc) is 2.35. The summed E-state index contributed by atoms with van der Waals surface area (Å²) in [4.78, 5) is 4.16. The molecule has 0 aliphatic carbocycles. The molecule has 4 nitrogen and oxygen atoms in total. The monoisotopic (exact) mass is 253 g/mol. The molecule has 0 aliphatic rings. The lowest BCUT2D eigenvalue weighted by Crippen LogP contribution is -2.00. The number of aliphatic hydroxyl groups is 2. The molecule has 0 unspecified atom stereocenters. The second-order valence-corrected chi connectivity index (χ2v) is 3.95. The number of aromatic nitrogens is 1. The van der Waals surface area contributed by atoms with Crippen LogP contribution in [0.4, 0.5) is 0 Å². The van der Waals surface area contributed by atoms with Gasteiger partial charge in [0.25, 0.3) is 0 Å². The Labute approximate surface area is 103 Å². The summed E-state index contributed by atoms with van der Waals surface area (Å²) in [6, 6.07) is 5.14. The number of fused-ring (bicyclic) bond motifs is 1. The van der Waals surface area contributed by atoms with Crippen LogP contribution in [0.15, 0.2) is 18.2 Å². The summed E-state index contributed by atoms with van der Waals surface area (Å²) >= 11 is 5.82. The Morgan fingerprint density at radius 1 is 1.29 bits per heavy atom. The first kappa shape index (κ1) is 12.1. The predicted octanol–water partition coefficient (Wildman–Crippen LogP) is 1.88. The van der Waals surface area contributed by atoms with E-state index in [4.69, 9.17) is 16.3 Å². The zero-order valence-electron chi connectivity index (χ0n) is 9.27. The van der Waals surface area contributed by atoms with Gasteiger partial charge in [0.1, 0.15) is 10.9 Å². The molecular formula is C12H12ClNO3. The molecule has 2 rings (SSSR count). The van der Waals surface area contributed by atoms with Gasteiger partial charge in [-0.3, -0.25) is 0 Å². The van der Waals surface area contributed by atoms with Gasteiger partial charge in [-0.15, -0.1) is 0 Å². The molecule has 0 amide bonds. The zero-order chi connectivity index (χ0) is 12.4. The van der Waals surface area contributed by atoms with Gasteiger partial charge >= 0.3 is 0 Å². The van der Waals surface area contributed by atoms with Crippen molar-refractivity contribution in [3.63, 3.8) is 0 Å². The Kier molecular flexibility index (Phi) is 3.47. The molecule has 17 heavy (non-hydrogen) atoms. The van der Waals surface area contributed by atoms with Crippen LogP contribution in [0.2, 0.25) is 5.15 Å². The maximum absolute atomic E-state index is 9.34. The molecule has 0 atom stereocenters. The summed E-state index contributed by atoms with van der Waals surface area (Å²) in [5.74, 6) is 0.526. The van der Waals surface area contributed by atoms with E-state index in [0.29, 0.717) is 27.5 Å². The van der Waals surface area contributed by atoms with Gasteiger partial charge in [0, 0.05) is 10.9 Å². The molecule has 90 valence electrons. The fraction of sp³-hybridized carbons (Fsp3) is 0.250. The molecule has 2 aromatic rings. The molecule has 0 aliphatic heterocycles. The number of rotatable bonds is 3. The molecule has 2 N–H and O–H groups in total. The maximum atomic E-state index is 9.34. The van der Waals surface area contributed by atoms with Gasteiger partial charge < -0.3 is 14.9 Å². The highest BCUT2D eigenvalue weighted by Gasteiger charge is 2.13. The van der Waals surface area contributed by atoms with Crippen LogP contribution in [0.5, 0.6) is 5.75 Å². The van der Waals surface area contributed by atoms with Crippen LogP contribution in [0.25, 0.3) is 10.9 Å². The first-order valence-corrected chi connectivity index (χ1v) is 5.45. The van der Waals surface area contributed by atoms with Crippen LogP contribution >= 0.6 is 11.6 Å². The van der Waals surface area contributed by atoms with Crippen LogP contribution in [-0.2, 0) is 13.2 Å². The second kappa shape index (κ2) is 4.87. The van der Waals surface area contributed by atoms with Gasteiger partial charge in [0.05, 0.1) is 25.8 Å². The average molecular weight is 254 g/mol. The molecule has 1 aromatic carbocycles. The molecular weight excluding hydrogens is 242 g/mol. The quantitative estimate of drug-likeness (QED) is 0.820. The van der Waals surface area contributed by atoms with E-state index in [9.17, 15) is 10.2 Å². The third-order valence-corrected chi connectivity index (χ3v) is 2.85. The van der Waals surface area contributed by atoms with E-state index in [1.165, 1.54) is 7.11 Å². The van der Waals surface area contributed by atoms with Crippen LogP contribution in [0.1, 0.15) is 11.1 Å². The smallest absolute Gasteiger partial charge is 0.134 e. The van der Waals surface area contributed by atoms with Gasteiger partial charge in [-0.2, -0.15) is 0 Å². The standard InChI is InChI=1S/C12H12ClNO3/c1-17-12-8-2-3-11(13)14-10(8)4-7(5-15)9(12)6-16/h2-4,15-16H,5-6H2,1H3. The van der Waals surface area contributed by atoms with Crippen LogP contribution in [0, 0.1) is 0 Å². The van der Waals surface area contributed by atoms with Crippen molar-refractivity contribution in [2.24, 2.45) is 0 Å².